The lowest BCUT2D eigenvalue weighted by Crippen LogP contribution is -2.38. The van der Waals surface area contributed by atoms with Crippen LogP contribution in [0.3, 0.4) is 0 Å². The van der Waals surface area contributed by atoms with E-state index in [4.69, 9.17) is 4.84 Å². The number of hydrogen-bond acceptors (Lipinski definition) is 2. The summed E-state index contributed by atoms with van der Waals surface area (Å²) in [5.41, 5.74) is 0.0703. The van der Waals surface area contributed by atoms with Gasteiger partial charge in [-0.2, -0.15) is 5.06 Å². The fourth-order valence-electron chi connectivity index (χ4n) is 3.22. The van der Waals surface area contributed by atoms with Crippen LogP contribution in [0.25, 0.3) is 0 Å². The molecule has 0 aromatic heterocycles. The molecule has 2 rings (SSSR count). The van der Waals surface area contributed by atoms with Crippen molar-refractivity contribution in [3.05, 3.63) is 0 Å². The molecule has 14 heavy (non-hydrogen) atoms. The molecule has 1 heterocycles. The highest BCUT2D eigenvalue weighted by Gasteiger charge is 2.49. The van der Waals surface area contributed by atoms with Gasteiger partial charge in [-0.3, -0.25) is 4.84 Å². The molecule has 0 amide bonds. The van der Waals surface area contributed by atoms with Gasteiger partial charge in [0.15, 0.2) is 0 Å². The van der Waals surface area contributed by atoms with Crippen LogP contribution in [0.2, 0.25) is 0 Å². The fourth-order valence-corrected chi connectivity index (χ4v) is 3.22. The van der Waals surface area contributed by atoms with Crippen LogP contribution in [0, 0.1) is 11.8 Å². The summed E-state index contributed by atoms with van der Waals surface area (Å²) >= 11 is 0. The normalized spacial score (nSPS) is 42.4. The third kappa shape index (κ3) is 1.59. The Morgan fingerprint density at radius 3 is 2.71 bits per heavy atom. The average molecular weight is 197 g/mol. The minimum Gasteiger partial charge on any atom is -0.292 e. The maximum absolute atomic E-state index is 6.03. The summed E-state index contributed by atoms with van der Waals surface area (Å²) in [6.45, 7) is 10.1. The molecule has 2 heteroatoms. The van der Waals surface area contributed by atoms with Gasteiger partial charge in [-0.1, -0.05) is 20.3 Å². The predicted octanol–water partition coefficient (Wildman–Crippen LogP) is 2.84. The lowest BCUT2D eigenvalue weighted by molar-refractivity contribution is -0.192. The molecular weight excluding hydrogens is 174 g/mol. The highest BCUT2D eigenvalue weighted by atomic mass is 16.7. The summed E-state index contributed by atoms with van der Waals surface area (Å²) in [5, 5.41) is 2.22. The second kappa shape index (κ2) is 3.49. The first-order chi connectivity index (χ1) is 6.54. The molecule has 2 fully saturated rings. The van der Waals surface area contributed by atoms with Crippen molar-refractivity contribution in [2.24, 2.45) is 11.8 Å². The minimum atomic E-state index is 0.0703. The number of hydroxylamine groups is 2. The molecule has 0 spiro atoms. The first-order valence-electron chi connectivity index (χ1n) is 6.00. The summed E-state index contributed by atoms with van der Waals surface area (Å²) in [5.74, 6) is 1.63. The Hall–Kier alpha value is -0.0800. The molecule has 3 atom stereocenters. The van der Waals surface area contributed by atoms with Crippen molar-refractivity contribution in [3.63, 3.8) is 0 Å². The number of hydrogen-bond donors (Lipinski definition) is 0. The zero-order valence-electron chi connectivity index (χ0n) is 9.92. The predicted molar refractivity (Wildman–Crippen MR) is 57.8 cm³/mol. The van der Waals surface area contributed by atoms with Crippen molar-refractivity contribution < 1.29 is 4.84 Å². The third-order valence-electron chi connectivity index (χ3n) is 4.01. The molecule has 0 bridgehead atoms. The quantitative estimate of drug-likeness (QED) is 0.641. The van der Waals surface area contributed by atoms with Crippen molar-refractivity contribution >= 4 is 0 Å². The highest BCUT2D eigenvalue weighted by Crippen LogP contribution is 2.45. The summed E-state index contributed by atoms with van der Waals surface area (Å²) in [6.07, 6.45) is 4.04. The molecule has 82 valence electrons. The van der Waals surface area contributed by atoms with E-state index in [0.717, 1.165) is 18.4 Å². The Kier molecular flexibility index (Phi) is 2.61. The fraction of sp³-hybridized carbons (Fsp3) is 1.00. The average Bonchev–Trinajstić information content (AvgIpc) is 2.37. The first-order valence-corrected chi connectivity index (χ1v) is 6.00. The number of rotatable bonds is 1. The Morgan fingerprint density at radius 1 is 1.36 bits per heavy atom. The SMILES string of the molecule is CCN1OC(C)(C)[C@H]2CC[C@@H](C)C[C@H]21. The third-order valence-corrected chi connectivity index (χ3v) is 4.01. The van der Waals surface area contributed by atoms with E-state index in [2.05, 4.69) is 32.8 Å². The van der Waals surface area contributed by atoms with Crippen LogP contribution in [0.1, 0.15) is 47.0 Å². The van der Waals surface area contributed by atoms with Crippen molar-refractivity contribution in [2.75, 3.05) is 6.54 Å². The first kappa shape index (κ1) is 10.4. The van der Waals surface area contributed by atoms with Gasteiger partial charge in [0, 0.05) is 18.5 Å². The molecule has 2 nitrogen and oxygen atoms in total. The van der Waals surface area contributed by atoms with Crippen LogP contribution in [-0.2, 0) is 4.84 Å². The summed E-state index contributed by atoms with van der Waals surface area (Å²) < 4.78 is 0. The molecule has 1 aliphatic carbocycles. The Labute approximate surface area is 87.6 Å². The Balaban J connectivity index is 2.15. The van der Waals surface area contributed by atoms with Gasteiger partial charge in [0.25, 0.3) is 0 Å². The molecule has 0 aromatic rings. The van der Waals surface area contributed by atoms with Gasteiger partial charge in [-0.25, -0.2) is 0 Å². The van der Waals surface area contributed by atoms with E-state index in [-0.39, 0.29) is 5.60 Å². The van der Waals surface area contributed by atoms with Crippen LogP contribution >= 0.6 is 0 Å². The van der Waals surface area contributed by atoms with E-state index in [1.54, 1.807) is 0 Å². The zero-order valence-corrected chi connectivity index (χ0v) is 9.92. The van der Waals surface area contributed by atoms with Crippen LogP contribution in [-0.4, -0.2) is 23.3 Å². The second-order valence-corrected chi connectivity index (χ2v) is 5.52. The largest absolute Gasteiger partial charge is 0.292 e. The molecule has 1 saturated carbocycles. The van der Waals surface area contributed by atoms with Crippen LogP contribution in [0.4, 0.5) is 0 Å². The topological polar surface area (TPSA) is 12.5 Å². The van der Waals surface area contributed by atoms with E-state index >= 15 is 0 Å². The summed E-state index contributed by atoms with van der Waals surface area (Å²) in [6, 6.07) is 0.679. The molecule has 1 saturated heterocycles. The van der Waals surface area contributed by atoms with Crippen molar-refractivity contribution in [3.8, 4) is 0 Å². The lowest BCUT2D eigenvalue weighted by Gasteiger charge is -2.34. The molecule has 0 N–H and O–H groups in total. The minimum absolute atomic E-state index is 0.0703. The monoisotopic (exact) mass is 197 g/mol. The van der Waals surface area contributed by atoms with E-state index in [0.29, 0.717) is 6.04 Å². The van der Waals surface area contributed by atoms with Crippen LogP contribution in [0.15, 0.2) is 0 Å². The summed E-state index contributed by atoms with van der Waals surface area (Å²) in [4.78, 5) is 6.03. The molecule has 0 unspecified atom stereocenters. The zero-order chi connectivity index (χ0) is 10.3. The molecule has 0 aromatic carbocycles. The van der Waals surface area contributed by atoms with Crippen molar-refractivity contribution in [2.45, 2.75) is 58.6 Å². The second-order valence-electron chi connectivity index (χ2n) is 5.52. The number of fused-ring (bicyclic) bond motifs is 1. The standard InChI is InChI=1S/C12H23NO/c1-5-13-11-8-9(2)6-7-10(11)12(3,4)14-13/h9-11H,5-8H2,1-4H3/t9-,10+,11-/m1/s1. The smallest absolute Gasteiger partial charge is 0.0887 e. The number of nitrogens with zero attached hydrogens (tertiary/aromatic N) is 1. The molecule has 2 aliphatic rings. The van der Waals surface area contributed by atoms with Crippen molar-refractivity contribution in [1.82, 2.24) is 5.06 Å². The van der Waals surface area contributed by atoms with E-state index in [9.17, 15) is 0 Å². The van der Waals surface area contributed by atoms with Crippen LogP contribution < -0.4 is 0 Å². The van der Waals surface area contributed by atoms with Gasteiger partial charge in [0.2, 0.25) is 0 Å². The Bertz CT molecular complexity index is 214. The maximum Gasteiger partial charge on any atom is 0.0887 e. The van der Waals surface area contributed by atoms with Crippen molar-refractivity contribution in [1.29, 1.82) is 0 Å². The molecule has 1 aliphatic heterocycles. The highest BCUT2D eigenvalue weighted by molar-refractivity contribution is 4.96. The van der Waals surface area contributed by atoms with Gasteiger partial charge in [-0.05, 0) is 32.6 Å². The van der Waals surface area contributed by atoms with E-state index in [1.807, 2.05) is 0 Å². The summed E-state index contributed by atoms with van der Waals surface area (Å²) in [7, 11) is 0. The van der Waals surface area contributed by atoms with Gasteiger partial charge in [0.05, 0.1) is 5.60 Å². The van der Waals surface area contributed by atoms with E-state index in [1.165, 1.54) is 19.3 Å². The van der Waals surface area contributed by atoms with Gasteiger partial charge >= 0.3 is 0 Å². The maximum atomic E-state index is 6.03. The lowest BCUT2D eigenvalue weighted by atomic mass is 9.73. The van der Waals surface area contributed by atoms with E-state index < -0.39 is 0 Å². The Morgan fingerprint density at radius 2 is 2.07 bits per heavy atom. The van der Waals surface area contributed by atoms with Gasteiger partial charge in [-0.15, -0.1) is 0 Å². The van der Waals surface area contributed by atoms with Crippen LogP contribution in [0.5, 0.6) is 0 Å². The van der Waals surface area contributed by atoms with Gasteiger partial charge in [0.1, 0.15) is 0 Å². The molecule has 0 radical (unpaired) electrons. The molecular formula is C12H23NO. The van der Waals surface area contributed by atoms with Gasteiger partial charge < -0.3 is 0 Å².